The zero-order chi connectivity index (χ0) is 13.8. The molecule has 1 aromatic rings. The van der Waals surface area contributed by atoms with Crippen molar-refractivity contribution >= 4 is 9.84 Å². The van der Waals surface area contributed by atoms with Crippen molar-refractivity contribution in [2.45, 2.75) is 39.0 Å². The SMILES string of the molecule is CC/C(C)=C\C=C(/C)S(=O)(=O)c1ccc(C)cc1. The van der Waals surface area contributed by atoms with E-state index in [9.17, 15) is 8.42 Å². The van der Waals surface area contributed by atoms with Gasteiger partial charge in [0.25, 0.3) is 0 Å². The number of hydrogen-bond acceptors (Lipinski definition) is 2. The van der Waals surface area contributed by atoms with Crippen molar-refractivity contribution in [1.82, 2.24) is 0 Å². The molecule has 18 heavy (non-hydrogen) atoms. The summed E-state index contributed by atoms with van der Waals surface area (Å²) in [4.78, 5) is 0.726. The van der Waals surface area contributed by atoms with Crippen LogP contribution in [0.15, 0.2) is 51.8 Å². The molecule has 0 aliphatic heterocycles. The van der Waals surface area contributed by atoms with E-state index in [4.69, 9.17) is 0 Å². The van der Waals surface area contributed by atoms with Crippen molar-refractivity contribution in [2.75, 3.05) is 0 Å². The van der Waals surface area contributed by atoms with Crippen LogP contribution < -0.4 is 0 Å². The Kier molecular flexibility index (Phi) is 4.91. The molecular formula is C15H20O2S. The van der Waals surface area contributed by atoms with Gasteiger partial charge in [-0.25, -0.2) is 8.42 Å². The Morgan fingerprint density at radius 2 is 1.67 bits per heavy atom. The molecular weight excluding hydrogens is 244 g/mol. The third-order valence-electron chi connectivity index (χ3n) is 2.92. The van der Waals surface area contributed by atoms with Crippen molar-refractivity contribution in [3.8, 4) is 0 Å². The van der Waals surface area contributed by atoms with Crippen molar-refractivity contribution in [1.29, 1.82) is 0 Å². The van der Waals surface area contributed by atoms with Crippen LogP contribution in [0.25, 0.3) is 0 Å². The molecule has 98 valence electrons. The monoisotopic (exact) mass is 264 g/mol. The first-order chi connectivity index (χ1) is 8.37. The summed E-state index contributed by atoms with van der Waals surface area (Å²) >= 11 is 0. The molecule has 0 heterocycles. The second kappa shape index (κ2) is 6.01. The molecule has 0 aliphatic carbocycles. The minimum Gasteiger partial charge on any atom is -0.219 e. The molecule has 0 unspecified atom stereocenters. The Hall–Kier alpha value is -1.35. The average Bonchev–Trinajstić information content (AvgIpc) is 2.35. The van der Waals surface area contributed by atoms with Crippen LogP contribution in [0.3, 0.4) is 0 Å². The van der Waals surface area contributed by atoms with E-state index in [2.05, 4.69) is 0 Å². The fourth-order valence-corrected chi connectivity index (χ4v) is 2.48. The Morgan fingerprint density at radius 1 is 1.11 bits per heavy atom. The Morgan fingerprint density at radius 3 is 2.17 bits per heavy atom. The van der Waals surface area contributed by atoms with Gasteiger partial charge in [-0.1, -0.05) is 36.3 Å². The number of benzene rings is 1. The lowest BCUT2D eigenvalue weighted by Gasteiger charge is -2.04. The van der Waals surface area contributed by atoms with Gasteiger partial charge < -0.3 is 0 Å². The number of aryl methyl sites for hydroxylation is 1. The van der Waals surface area contributed by atoms with E-state index < -0.39 is 9.84 Å². The predicted octanol–water partition coefficient (Wildman–Crippen LogP) is 4.03. The maximum Gasteiger partial charge on any atom is 0.202 e. The zero-order valence-corrected chi connectivity index (χ0v) is 12.2. The summed E-state index contributed by atoms with van der Waals surface area (Å²) in [6.07, 6.45) is 4.46. The topological polar surface area (TPSA) is 34.1 Å². The summed E-state index contributed by atoms with van der Waals surface area (Å²) in [7, 11) is -3.34. The minimum absolute atomic E-state index is 0.351. The zero-order valence-electron chi connectivity index (χ0n) is 11.4. The lowest BCUT2D eigenvalue weighted by Crippen LogP contribution is -2.02. The lowest BCUT2D eigenvalue weighted by molar-refractivity contribution is 0.602. The van der Waals surface area contributed by atoms with Gasteiger partial charge in [-0.3, -0.25) is 0 Å². The molecule has 0 N–H and O–H groups in total. The first-order valence-corrected chi connectivity index (χ1v) is 7.52. The number of sulfone groups is 1. The smallest absolute Gasteiger partial charge is 0.202 e. The summed E-state index contributed by atoms with van der Waals surface area (Å²) in [6.45, 7) is 7.60. The Labute approximate surface area is 110 Å². The molecule has 1 aromatic carbocycles. The highest BCUT2D eigenvalue weighted by molar-refractivity contribution is 7.95. The van der Waals surface area contributed by atoms with Gasteiger partial charge >= 0.3 is 0 Å². The molecule has 0 radical (unpaired) electrons. The Bertz CT molecular complexity index is 561. The van der Waals surface area contributed by atoms with Gasteiger partial charge in [-0.15, -0.1) is 0 Å². The van der Waals surface area contributed by atoms with Crippen molar-refractivity contribution in [3.63, 3.8) is 0 Å². The highest BCUT2D eigenvalue weighted by Crippen LogP contribution is 2.19. The number of hydrogen-bond donors (Lipinski definition) is 0. The van der Waals surface area contributed by atoms with Crippen LogP contribution in [-0.2, 0) is 9.84 Å². The summed E-state index contributed by atoms with van der Waals surface area (Å²) < 4.78 is 24.5. The maximum atomic E-state index is 12.2. The fraction of sp³-hybridized carbons (Fsp3) is 0.333. The molecule has 0 saturated heterocycles. The fourth-order valence-electron chi connectivity index (χ4n) is 1.37. The van der Waals surface area contributed by atoms with Crippen molar-refractivity contribution in [3.05, 3.63) is 52.5 Å². The molecule has 3 heteroatoms. The van der Waals surface area contributed by atoms with Gasteiger partial charge in [-0.2, -0.15) is 0 Å². The average molecular weight is 264 g/mol. The molecule has 0 aromatic heterocycles. The first-order valence-electron chi connectivity index (χ1n) is 6.03. The summed E-state index contributed by atoms with van der Waals surface area (Å²) in [5, 5.41) is 0. The highest BCUT2D eigenvalue weighted by atomic mass is 32.2. The maximum absolute atomic E-state index is 12.2. The summed E-state index contributed by atoms with van der Waals surface area (Å²) in [5.74, 6) is 0. The van der Waals surface area contributed by atoms with E-state index in [1.165, 1.54) is 0 Å². The molecule has 0 spiro atoms. The van der Waals surface area contributed by atoms with Crippen LogP contribution in [0.5, 0.6) is 0 Å². The van der Waals surface area contributed by atoms with Crippen molar-refractivity contribution < 1.29 is 8.42 Å². The van der Waals surface area contributed by atoms with E-state index in [1.54, 1.807) is 25.1 Å². The largest absolute Gasteiger partial charge is 0.219 e. The van der Waals surface area contributed by atoms with E-state index in [0.717, 1.165) is 17.6 Å². The van der Waals surface area contributed by atoms with E-state index in [-0.39, 0.29) is 0 Å². The molecule has 1 rings (SSSR count). The van der Waals surface area contributed by atoms with Crippen LogP contribution in [0.2, 0.25) is 0 Å². The van der Waals surface area contributed by atoms with Gasteiger partial charge in [0.2, 0.25) is 9.84 Å². The second-order valence-corrected chi connectivity index (χ2v) is 6.58. The lowest BCUT2D eigenvalue weighted by atomic mass is 10.2. The predicted molar refractivity (Wildman–Crippen MR) is 76.2 cm³/mol. The van der Waals surface area contributed by atoms with Crippen LogP contribution in [0, 0.1) is 6.92 Å². The second-order valence-electron chi connectivity index (χ2n) is 4.46. The van der Waals surface area contributed by atoms with E-state index >= 15 is 0 Å². The van der Waals surface area contributed by atoms with E-state index in [1.807, 2.05) is 39.0 Å². The first kappa shape index (κ1) is 14.7. The quantitative estimate of drug-likeness (QED) is 0.769. The van der Waals surface area contributed by atoms with Crippen LogP contribution in [0.4, 0.5) is 0 Å². The standard InChI is InChI=1S/C15H20O2S/c1-5-12(2)6-9-14(4)18(16,17)15-10-7-13(3)8-11-15/h6-11H,5H2,1-4H3/b12-6-,14-9+. The van der Waals surface area contributed by atoms with Gasteiger partial charge in [0.15, 0.2) is 0 Å². The third kappa shape index (κ3) is 3.57. The van der Waals surface area contributed by atoms with Gasteiger partial charge in [-0.05, 0) is 45.4 Å². The van der Waals surface area contributed by atoms with Crippen LogP contribution in [-0.4, -0.2) is 8.42 Å². The molecule has 0 aliphatic rings. The molecule has 2 nitrogen and oxygen atoms in total. The minimum atomic E-state index is -3.34. The van der Waals surface area contributed by atoms with Gasteiger partial charge in [0.1, 0.15) is 0 Å². The molecule has 0 saturated carbocycles. The molecule has 0 atom stereocenters. The van der Waals surface area contributed by atoms with Gasteiger partial charge in [0.05, 0.1) is 4.90 Å². The third-order valence-corrected chi connectivity index (χ3v) is 4.79. The molecule has 0 amide bonds. The summed E-state index contributed by atoms with van der Waals surface area (Å²) in [5.41, 5.74) is 2.21. The van der Waals surface area contributed by atoms with Crippen LogP contribution >= 0.6 is 0 Å². The van der Waals surface area contributed by atoms with Gasteiger partial charge in [0, 0.05) is 4.91 Å². The van der Waals surface area contributed by atoms with E-state index in [0.29, 0.717) is 9.80 Å². The number of rotatable bonds is 4. The normalized spacial score (nSPS) is 13.8. The van der Waals surface area contributed by atoms with Crippen LogP contribution in [0.1, 0.15) is 32.8 Å². The highest BCUT2D eigenvalue weighted by Gasteiger charge is 2.15. The van der Waals surface area contributed by atoms with Crippen molar-refractivity contribution in [2.24, 2.45) is 0 Å². The Balaban J connectivity index is 3.11. The number of allylic oxidation sites excluding steroid dienone is 4. The summed E-state index contributed by atoms with van der Waals surface area (Å²) in [6, 6.07) is 6.93. The molecule has 0 fully saturated rings. The molecule has 0 bridgehead atoms.